The topological polar surface area (TPSA) is 85.3 Å². The Labute approximate surface area is 156 Å². The minimum atomic E-state index is -3.09. The number of carbonyl (C=O) groups excluding carboxylic acids is 1. The van der Waals surface area contributed by atoms with Gasteiger partial charge in [-0.3, -0.25) is 4.79 Å². The van der Waals surface area contributed by atoms with E-state index in [1.54, 1.807) is 6.07 Å². The van der Waals surface area contributed by atoms with Crippen molar-refractivity contribution in [1.82, 2.24) is 0 Å². The summed E-state index contributed by atoms with van der Waals surface area (Å²) in [5.74, 6) is 1.49. The molecule has 2 fully saturated rings. The van der Waals surface area contributed by atoms with Crippen molar-refractivity contribution in [1.29, 1.82) is 0 Å². The van der Waals surface area contributed by atoms with Gasteiger partial charge < -0.3 is 14.4 Å². The van der Waals surface area contributed by atoms with Crippen LogP contribution in [0.3, 0.4) is 0 Å². The van der Waals surface area contributed by atoms with E-state index in [2.05, 4.69) is 4.99 Å². The molecule has 1 amide bonds. The molecule has 0 radical (unpaired) electrons. The summed E-state index contributed by atoms with van der Waals surface area (Å²) in [5.41, 5.74) is 0.766. The third kappa shape index (κ3) is 3.29. The maximum atomic E-state index is 12.2. The lowest BCUT2D eigenvalue weighted by Crippen LogP contribution is -2.37. The predicted molar refractivity (Wildman–Crippen MR) is 101 cm³/mol. The first-order chi connectivity index (χ1) is 12.3. The van der Waals surface area contributed by atoms with Gasteiger partial charge in [-0.25, -0.2) is 8.42 Å². The van der Waals surface area contributed by atoms with Crippen molar-refractivity contribution in [3.63, 3.8) is 0 Å². The molecule has 0 bridgehead atoms. The molecule has 0 N–H and O–H groups in total. The van der Waals surface area contributed by atoms with Gasteiger partial charge in [0, 0.05) is 23.4 Å². The van der Waals surface area contributed by atoms with Gasteiger partial charge in [-0.2, -0.15) is 4.99 Å². The second kappa shape index (κ2) is 6.45. The normalized spacial score (nSPS) is 27.3. The highest BCUT2D eigenvalue weighted by Gasteiger charge is 2.49. The van der Waals surface area contributed by atoms with Crippen LogP contribution >= 0.6 is 11.8 Å². The molecular weight excluding hydrogens is 376 g/mol. The number of nitrogens with zero attached hydrogens (tertiary/aromatic N) is 2. The number of fused-ring (bicyclic) bond motifs is 2. The average Bonchev–Trinajstić information content (AvgIpc) is 3.17. The van der Waals surface area contributed by atoms with Gasteiger partial charge in [0.25, 0.3) is 0 Å². The van der Waals surface area contributed by atoms with Gasteiger partial charge in [-0.1, -0.05) is 25.6 Å². The van der Waals surface area contributed by atoms with Crippen LogP contribution < -0.4 is 14.4 Å². The van der Waals surface area contributed by atoms with Gasteiger partial charge in [0.15, 0.2) is 26.5 Å². The fourth-order valence-electron chi connectivity index (χ4n) is 3.40. The van der Waals surface area contributed by atoms with E-state index in [1.807, 2.05) is 30.9 Å². The summed E-state index contributed by atoms with van der Waals surface area (Å²) >= 11 is 1.38. The van der Waals surface area contributed by atoms with Crippen molar-refractivity contribution in [2.24, 2.45) is 10.9 Å². The van der Waals surface area contributed by atoms with Crippen LogP contribution in [0.5, 0.6) is 11.5 Å². The van der Waals surface area contributed by atoms with Crippen molar-refractivity contribution in [2.75, 3.05) is 23.2 Å². The highest BCUT2D eigenvalue weighted by Crippen LogP contribution is 2.43. The molecule has 0 unspecified atom stereocenters. The average molecular weight is 396 g/mol. The predicted octanol–water partition coefficient (Wildman–Crippen LogP) is 2.06. The molecule has 140 valence electrons. The Morgan fingerprint density at radius 2 is 2.08 bits per heavy atom. The smallest absolute Gasteiger partial charge is 0.248 e. The zero-order valence-corrected chi connectivity index (χ0v) is 16.2. The number of carbonyl (C=O) groups is 1. The lowest BCUT2D eigenvalue weighted by atomic mass is 10.1. The standard InChI is InChI=1S/C17H20N2O5S2/c1-10(2)5-16(20)18-17-19(12-7-26(21,22)8-15(12)25-17)11-3-4-13-14(6-11)24-9-23-13/h3-4,6,10,12,15H,5,7-9H2,1-2H3/t12-,15+/m1/s1. The van der Waals surface area contributed by atoms with Crippen molar-refractivity contribution < 1.29 is 22.7 Å². The van der Waals surface area contributed by atoms with Gasteiger partial charge in [-0.15, -0.1) is 0 Å². The van der Waals surface area contributed by atoms with Gasteiger partial charge in [0.2, 0.25) is 12.7 Å². The Kier molecular flexibility index (Phi) is 4.38. The molecule has 3 aliphatic rings. The first kappa shape index (κ1) is 17.7. The summed E-state index contributed by atoms with van der Waals surface area (Å²) in [6, 6.07) is 5.24. The van der Waals surface area contributed by atoms with Gasteiger partial charge in [-0.05, 0) is 18.1 Å². The molecule has 4 rings (SSSR count). The molecule has 2 saturated heterocycles. The summed E-state index contributed by atoms with van der Waals surface area (Å²) in [4.78, 5) is 18.4. The van der Waals surface area contributed by atoms with Crippen LogP contribution in [0, 0.1) is 5.92 Å². The van der Waals surface area contributed by atoms with Crippen LogP contribution in [0.4, 0.5) is 5.69 Å². The summed E-state index contributed by atoms with van der Waals surface area (Å²) < 4.78 is 35.0. The number of hydrogen-bond acceptors (Lipinski definition) is 6. The Bertz CT molecular complexity index is 881. The van der Waals surface area contributed by atoms with E-state index in [0.29, 0.717) is 23.1 Å². The largest absolute Gasteiger partial charge is 0.454 e. The number of anilines is 1. The Balaban J connectivity index is 1.70. The second-order valence-electron chi connectivity index (χ2n) is 7.09. The van der Waals surface area contributed by atoms with E-state index < -0.39 is 9.84 Å². The molecule has 0 aliphatic carbocycles. The van der Waals surface area contributed by atoms with Crippen molar-refractivity contribution in [2.45, 2.75) is 31.6 Å². The molecule has 0 saturated carbocycles. The van der Waals surface area contributed by atoms with Crippen LogP contribution in [0.25, 0.3) is 0 Å². The number of aliphatic imine (C=N–C) groups is 1. The molecule has 1 aromatic carbocycles. The number of benzene rings is 1. The van der Waals surface area contributed by atoms with Crippen molar-refractivity contribution in [3.05, 3.63) is 18.2 Å². The number of sulfone groups is 1. The van der Waals surface area contributed by atoms with Crippen LogP contribution in [-0.2, 0) is 14.6 Å². The Morgan fingerprint density at radius 3 is 2.85 bits per heavy atom. The zero-order valence-electron chi connectivity index (χ0n) is 14.5. The fraction of sp³-hybridized carbons (Fsp3) is 0.529. The maximum absolute atomic E-state index is 12.2. The number of amidine groups is 1. The van der Waals surface area contributed by atoms with Crippen LogP contribution in [0.1, 0.15) is 20.3 Å². The number of ether oxygens (including phenoxy) is 2. The zero-order chi connectivity index (χ0) is 18.5. The first-order valence-electron chi connectivity index (χ1n) is 8.50. The fourth-order valence-corrected chi connectivity index (χ4v) is 7.33. The maximum Gasteiger partial charge on any atom is 0.248 e. The van der Waals surface area contributed by atoms with E-state index in [-0.39, 0.29) is 41.4 Å². The van der Waals surface area contributed by atoms with E-state index in [4.69, 9.17) is 9.47 Å². The summed E-state index contributed by atoms with van der Waals surface area (Å²) in [7, 11) is -3.09. The molecular formula is C17H20N2O5S2. The monoisotopic (exact) mass is 396 g/mol. The van der Waals surface area contributed by atoms with Gasteiger partial charge >= 0.3 is 0 Å². The SMILES string of the molecule is CC(C)CC(=O)N=C1S[C@H]2CS(=O)(=O)C[C@H]2N1c1ccc2c(c1)OCO2. The highest BCUT2D eigenvalue weighted by atomic mass is 32.2. The number of rotatable bonds is 3. The quantitative estimate of drug-likeness (QED) is 0.773. The Hall–Kier alpha value is -1.74. The summed E-state index contributed by atoms with van der Waals surface area (Å²) in [6.07, 6.45) is 0.368. The number of hydrogen-bond donors (Lipinski definition) is 0. The lowest BCUT2D eigenvalue weighted by Gasteiger charge is -2.24. The van der Waals surface area contributed by atoms with Gasteiger partial charge in [0.1, 0.15) is 0 Å². The van der Waals surface area contributed by atoms with Crippen LogP contribution in [-0.4, -0.2) is 49.1 Å². The molecule has 26 heavy (non-hydrogen) atoms. The van der Waals surface area contributed by atoms with Crippen LogP contribution in [0.2, 0.25) is 0 Å². The van der Waals surface area contributed by atoms with Crippen molar-refractivity contribution >= 4 is 38.4 Å². The molecule has 3 aliphatic heterocycles. The van der Waals surface area contributed by atoms with Gasteiger partial charge in [0.05, 0.1) is 17.5 Å². The molecule has 9 heteroatoms. The van der Waals surface area contributed by atoms with E-state index >= 15 is 0 Å². The highest BCUT2D eigenvalue weighted by molar-refractivity contribution is 8.16. The minimum absolute atomic E-state index is 0.0660. The molecule has 0 aromatic heterocycles. The molecule has 0 spiro atoms. The first-order valence-corrected chi connectivity index (χ1v) is 11.2. The summed E-state index contributed by atoms with van der Waals surface area (Å²) in [5, 5.41) is 0.454. The molecule has 1 aromatic rings. The van der Waals surface area contributed by atoms with Crippen molar-refractivity contribution in [3.8, 4) is 11.5 Å². The third-order valence-corrected chi connectivity index (χ3v) is 7.71. The minimum Gasteiger partial charge on any atom is -0.454 e. The Morgan fingerprint density at radius 1 is 1.31 bits per heavy atom. The number of amides is 1. The molecule has 7 nitrogen and oxygen atoms in total. The lowest BCUT2D eigenvalue weighted by molar-refractivity contribution is -0.118. The van der Waals surface area contributed by atoms with Crippen LogP contribution in [0.15, 0.2) is 23.2 Å². The number of thioether (sulfide) groups is 1. The van der Waals surface area contributed by atoms with E-state index in [9.17, 15) is 13.2 Å². The second-order valence-corrected chi connectivity index (χ2v) is 10.5. The molecule has 2 atom stereocenters. The third-order valence-electron chi connectivity index (χ3n) is 4.50. The molecule has 3 heterocycles. The van der Waals surface area contributed by atoms with E-state index in [1.165, 1.54) is 11.8 Å². The summed E-state index contributed by atoms with van der Waals surface area (Å²) in [6.45, 7) is 4.11. The van der Waals surface area contributed by atoms with E-state index in [0.717, 1.165) is 5.69 Å².